The molecule has 0 unspecified atom stereocenters. The summed E-state index contributed by atoms with van der Waals surface area (Å²) >= 11 is 0. The molecule has 4 N–H and O–H groups in total. The van der Waals surface area contributed by atoms with Gasteiger partial charge in [-0.25, -0.2) is 4.39 Å². The highest BCUT2D eigenvalue weighted by atomic mass is 19.1. The van der Waals surface area contributed by atoms with Gasteiger partial charge in [-0.05, 0) is 62.7 Å². The van der Waals surface area contributed by atoms with E-state index in [1.807, 2.05) is 19.9 Å². The minimum absolute atomic E-state index is 0.211. The number of aromatic nitrogens is 1. The van der Waals surface area contributed by atoms with Crippen LogP contribution in [-0.2, 0) is 11.2 Å². The van der Waals surface area contributed by atoms with Crippen molar-refractivity contribution >= 4 is 23.2 Å². The van der Waals surface area contributed by atoms with E-state index in [1.54, 1.807) is 12.1 Å². The van der Waals surface area contributed by atoms with Crippen molar-refractivity contribution in [3.63, 3.8) is 0 Å². The van der Waals surface area contributed by atoms with Crippen LogP contribution in [0.2, 0.25) is 0 Å². The summed E-state index contributed by atoms with van der Waals surface area (Å²) in [7, 11) is 1.50. The van der Waals surface area contributed by atoms with Gasteiger partial charge in [0.05, 0.1) is 5.57 Å². The Morgan fingerprint density at radius 1 is 1.29 bits per heavy atom. The molecule has 5 heteroatoms. The van der Waals surface area contributed by atoms with Crippen molar-refractivity contribution in [2.45, 2.75) is 20.3 Å². The van der Waals surface area contributed by atoms with Crippen LogP contribution in [0.5, 0.6) is 0 Å². The first-order chi connectivity index (χ1) is 11.5. The molecule has 24 heavy (non-hydrogen) atoms. The molecule has 0 radical (unpaired) electrons. The number of carbonyl (C=O) groups excluding carboxylic acids is 1. The molecule has 1 aromatic carbocycles. The Hall–Kier alpha value is -2.66. The first-order valence-electron chi connectivity index (χ1n) is 7.71. The standard InChI is InChI=1S/C18H17FN2O.CH5N/c1-4-5-13-10(2)17(20-11(13)3)9-15-14-8-12(19)6-7-16(14)21-18(15)22;1-2/h4,6-9,20H,1,5H2,2-3H3,(H,21,22);2H2,1H3/b15-9-;. The van der Waals surface area contributed by atoms with Gasteiger partial charge in [0, 0.05) is 22.6 Å². The molecule has 2 aromatic rings. The summed E-state index contributed by atoms with van der Waals surface area (Å²) in [5.74, 6) is -0.564. The Morgan fingerprint density at radius 3 is 2.67 bits per heavy atom. The number of aromatic amines is 1. The summed E-state index contributed by atoms with van der Waals surface area (Å²) in [6, 6.07) is 4.31. The van der Waals surface area contributed by atoms with Crippen molar-refractivity contribution in [2.75, 3.05) is 12.4 Å². The zero-order valence-corrected chi connectivity index (χ0v) is 14.2. The molecule has 1 aromatic heterocycles. The van der Waals surface area contributed by atoms with Gasteiger partial charge in [-0.2, -0.15) is 0 Å². The van der Waals surface area contributed by atoms with Crippen molar-refractivity contribution in [3.05, 3.63) is 64.7 Å². The predicted octanol–water partition coefficient (Wildman–Crippen LogP) is 3.57. The second-order valence-electron chi connectivity index (χ2n) is 5.46. The van der Waals surface area contributed by atoms with Crippen molar-refractivity contribution in [3.8, 4) is 0 Å². The molecule has 3 rings (SSSR count). The molecular weight excluding hydrogens is 305 g/mol. The van der Waals surface area contributed by atoms with Crippen LogP contribution < -0.4 is 11.1 Å². The van der Waals surface area contributed by atoms with Crippen LogP contribution in [-0.4, -0.2) is 17.9 Å². The summed E-state index contributed by atoms with van der Waals surface area (Å²) in [5, 5.41) is 2.76. The largest absolute Gasteiger partial charge is 0.359 e. The number of carbonyl (C=O) groups is 1. The lowest BCUT2D eigenvalue weighted by atomic mass is 10.0. The Kier molecular flexibility index (Phi) is 5.36. The van der Waals surface area contributed by atoms with E-state index in [1.165, 1.54) is 24.7 Å². The van der Waals surface area contributed by atoms with Crippen LogP contribution in [0.15, 0.2) is 30.9 Å². The normalized spacial score (nSPS) is 14.0. The maximum absolute atomic E-state index is 13.5. The number of hydrogen-bond acceptors (Lipinski definition) is 2. The smallest absolute Gasteiger partial charge is 0.256 e. The number of anilines is 1. The molecule has 126 valence electrons. The first-order valence-corrected chi connectivity index (χ1v) is 7.71. The highest BCUT2D eigenvalue weighted by molar-refractivity contribution is 6.34. The average molecular weight is 327 g/mol. The molecule has 0 saturated carbocycles. The van der Waals surface area contributed by atoms with E-state index in [-0.39, 0.29) is 11.7 Å². The Morgan fingerprint density at radius 2 is 2.00 bits per heavy atom. The second-order valence-corrected chi connectivity index (χ2v) is 5.46. The van der Waals surface area contributed by atoms with E-state index in [2.05, 4.69) is 22.6 Å². The maximum atomic E-state index is 13.5. The van der Waals surface area contributed by atoms with Gasteiger partial charge in [0.15, 0.2) is 0 Å². The number of aryl methyl sites for hydroxylation is 1. The highest BCUT2D eigenvalue weighted by Gasteiger charge is 2.25. The van der Waals surface area contributed by atoms with E-state index in [9.17, 15) is 9.18 Å². The van der Waals surface area contributed by atoms with E-state index in [0.717, 1.165) is 23.4 Å². The molecule has 4 nitrogen and oxygen atoms in total. The number of hydrogen-bond donors (Lipinski definition) is 3. The van der Waals surface area contributed by atoms with Gasteiger partial charge in [0.1, 0.15) is 5.82 Å². The van der Waals surface area contributed by atoms with Crippen molar-refractivity contribution in [1.29, 1.82) is 0 Å². The lowest BCUT2D eigenvalue weighted by Gasteiger charge is -2.00. The molecule has 1 amide bonds. The van der Waals surface area contributed by atoms with Gasteiger partial charge in [0.25, 0.3) is 5.91 Å². The monoisotopic (exact) mass is 327 g/mol. The number of allylic oxidation sites excluding steroid dienone is 1. The second kappa shape index (κ2) is 7.27. The first kappa shape index (κ1) is 17.7. The van der Waals surface area contributed by atoms with Crippen LogP contribution in [0, 0.1) is 19.7 Å². The van der Waals surface area contributed by atoms with E-state index in [0.29, 0.717) is 16.8 Å². The highest BCUT2D eigenvalue weighted by Crippen LogP contribution is 2.34. The van der Waals surface area contributed by atoms with Gasteiger partial charge in [0.2, 0.25) is 0 Å². The van der Waals surface area contributed by atoms with Crippen LogP contribution in [0.3, 0.4) is 0 Å². The van der Waals surface area contributed by atoms with Crippen LogP contribution in [0.25, 0.3) is 11.6 Å². The van der Waals surface area contributed by atoms with Crippen molar-refractivity contribution in [2.24, 2.45) is 5.73 Å². The van der Waals surface area contributed by atoms with Crippen LogP contribution in [0.4, 0.5) is 10.1 Å². The van der Waals surface area contributed by atoms with Gasteiger partial charge in [-0.15, -0.1) is 6.58 Å². The molecule has 1 aliphatic heterocycles. The topological polar surface area (TPSA) is 70.9 Å². The molecule has 0 aliphatic carbocycles. The number of amides is 1. The van der Waals surface area contributed by atoms with Gasteiger partial charge >= 0.3 is 0 Å². The van der Waals surface area contributed by atoms with E-state index >= 15 is 0 Å². The van der Waals surface area contributed by atoms with Gasteiger partial charge in [-0.3, -0.25) is 4.79 Å². The zero-order chi connectivity index (χ0) is 17.9. The third kappa shape index (κ3) is 3.16. The van der Waals surface area contributed by atoms with E-state index in [4.69, 9.17) is 0 Å². The number of fused-ring (bicyclic) bond motifs is 1. The number of halogens is 1. The molecule has 0 atom stereocenters. The third-order valence-corrected chi connectivity index (χ3v) is 4.03. The van der Waals surface area contributed by atoms with Crippen molar-refractivity contribution < 1.29 is 9.18 Å². The predicted molar refractivity (Wildman–Crippen MR) is 97.2 cm³/mol. The summed E-state index contributed by atoms with van der Waals surface area (Å²) in [6.45, 7) is 7.77. The van der Waals surface area contributed by atoms with Gasteiger partial charge < -0.3 is 16.0 Å². The molecule has 0 saturated heterocycles. The maximum Gasteiger partial charge on any atom is 0.256 e. The van der Waals surface area contributed by atoms with Crippen LogP contribution >= 0.6 is 0 Å². The van der Waals surface area contributed by atoms with Gasteiger partial charge in [-0.1, -0.05) is 6.08 Å². The summed E-state index contributed by atoms with van der Waals surface area (Å²) < 4.78 is 13.5. The summed E-state index contributed by atoms with van der Waals surface area (Å²) in [5.41, 5.74) is 10.4. The van der Waals surface area contributed by atoms with Crippen LogP contribution in [0.1, 0.15) is 28.1 Å². The fraction of sp³-hybridized carbons (Fsp3) is 0.211. The minimum Gasteiger partial charge on any atom is -0.359 e. The lowest BCUT2D eigenvalue weighted by molar-refractivity contribution is -0.110. The molecule has 1 aliphatic rings. The molecule has 0 spiro atoms. The minimum atomic E-state index is -0.354. The number of rotatable bonds is 3. The van der Waals surface area contributed by atoms with Crippen molar-refractivity contribution in [1.82, 2.24) is 4.98 Å². The number of H-pyrrole nitrogens is 1. The SMILES string of the molecule is C=CCc1c(C)[nH]c(/C=C2\C(=O)Nc3ccc(F)cc32)c1C.CN. The summed E-state index contributed by atoms with van der Waals surface area (Å²) in [4.78, 5) is 15.4. The molecular formula is C19H22FN3O. The summed E-state index contributed by atoms with van der Waals surface area (Å²) in [6.07, 6.45) is 4.41. The van der Waals surface area contributed by atoms with E-state index < -0.39 is 0 Å². The Bertz CT molecular complexity index is 818. The zero-order valence-electron chi connectivity index (χ0n) is 14.2. The quantitative estimate of drug-likeness (QED) is 0.596. The third-order valence-electron chi connectivity index (χ3n) is 4.03. The fourth-order valence-corrected chi connectivity index (χ4v) is 2.86. The molecule has 0 fully saturated rings. The number of nitrogens with two attached hydrogens (primary N) is 1. The lowest BCUT2D eigenvalue weighted by Crippen LogP contribution is -2.03. The number of nitrogens with one attached hydrogen (secondary N) is 2. The molecule has 0 bridgehead atoms. The number of benzene rings is 1. The Balaban J connectivity index is 0.00000100. The average Bonchev–Trinajstić information content (AvgIpc) is 3.01. The Labute approximate surface area is 141 Å². The molecule has 2 heterocycles. The fourth-order valence-electron chi connectivity index (χ4n) is 2.86.